The molecule has 136 valence electrons. The van der Waals surface area contributed by atoms with Gasteiger partial charge in [0.2, 0.25) is 0 Å². The molecule has 0 fully saturated rings. The Hall–Kier alpha value is -1.96. The smallest absolute Gasteiger partial charge is 0.118 e. The lowest BCUT2D eigenvalue weighted by Gasteiger charge is -2.36. The molecule has 2 aromatic rings. The summed E-state index contributed by atoms with van der Waals surface area (Å²) < 4.78 is 0. The highest BCUT2D eigenvalue weighted by Gasteiger charge is 2.33. The van der Waals surface area contributed by atoms with Crippen molar-refractivity contribution in [3.05, 3.63) is 58.7 Å². The highest BCUT2D eigenvalue weighted by Crippen LogP contribution is 2.43. The second kappa shape index (κ2) is 8.42. The number of phenols is 2. The Labute approximate surface area is 152 Å². The quantitative estimate of drug-likeness (QED) is 0.585. The first-order valence-corrected chi connectivity index (χ1v) is 9.54. The van der Waals surface area contributed by atoms with Crippen LogP contribution in [-0.2, 0) is 5.41 Å². The average molecular weight is 341 g/mol. The molecular formula is C23H32O2. The van der Waals surface area contributed by atoms with Gasteiger partial charge in [-0.05, 0) is 61.1 Å². The van der Waals surface area contributed by atoms with Gasteiger partial charge >= 0.3 is 0 Å². The zero-order valence-electron chi connectivity index (χ0n) is 16.1. The zero-order chi connectivity index (χ0) is 18.4. The summed E-state index contributed by atoms with van der Waals surface area (Å²) in [7, 11) is 0. The fourth-order valence-electron chi connectivity index (χ4n) is 3.73. The maximum Gasteiger partial charge on any atom is 0.118 e. The molecular weight excluding hydrogens is 308 g/mol. The third-order valence-electron chi connectivity index (χ3n) is 5.41. The second-order valence-electron chi connectivity index (χ2n) is 7.29. The normalized spacial score (nSPS) is 11.7. The third-order valence-corrected chi connectivity index (χ3v) is 5.41. The van der Waals surface area contributed by atoms with Crippen molar-refractivity contribution in [3.63, 3.8) is 0 Å². The van der Waals surface area contributed by atoms with E-state index < -0.39 is 0 Å². The summed E-state index contributed by atoms with van der Waals surface area (Å²) in [4.78, 5) is 0. The maximum atomic E-state index is 9.98. The van der Waals surface area contributed by atoms with E-state index in [4.69, 9.17) is 0 Å². The molecule has 0 heterocycles. The fourth-order valence-corrected chi connectivity index (χ4v) is 3.73. The Morgan fingerprint density at radius 2 is 1.12 bits per heavy atom. The Morgan fingerprint density at radius 1 is 0.720 bits per heavy atom. The molecule has 0 bridgehead atoms. The number of phenolic OH excluding ortho intramolecular Hbond substituents is 2. The van der Waals surface area contributed by atoms with Crippen LogP contribution in [0.4, 0.5) is 0 Å². The molecule has 0 unspecified atom stereocenters. The SMILES string of the molecule is CCCCC(CCCC)(c1ccc(O)c(C)c1)c1ccc(O)c(C)c1. The highest BCUT2D eigenvalue weighted by molar-refractivity contribution is 5.47. The van der Waals surface area contributed by atoms with Crippen molar-refractivity contribution in [2.45, 2.75) is 71.6 Å². The van der Waals surface area contributed by atoms with Gasteiger partial charge in [0.25, 0.3) is 0 Å². The van der Waals surface area contributed by atoms with Gasteiger partial charge in [-0.1, -0.05) is 63.8 Å². The van der Waals surface area contributed by atoms with Crippen LogP contribution in [0.15, 0.2) is 36.4 Å². The van der Waals surface area contributed by atoms with E-state index in [9.17, 15) is 10.2 Å². The van der Waals surface area contributed by atoms with E-state index in [1.54, 1.807) is 0 Å². The highest BCUT2D eigenvalue weighted by atomic mass is 16.3. The molecule has 0 aliphatic heterocycles. The fraction of sp³-hybridized carbons (Fsp3) is 0.478. The minimum atomic E-state index is -0.0665. The first-order chi connectivity index (χ1) is 11.9. The third kappa shape index (κ3) is 4.18. The molecule has 0 spiro atoms. The van der Waals surface area contributed by atoms with Crippen LogP contribution >= 0.6 is 0 Å². The molecule has 2 nitrogen and oxygen atoms in total. The number of hydrogen-bond acceptors (Lipinski definition) is 2. The molecule has 0 aliphatic carbocycles. The summed E-state index contributed by atoms with van der Waals surface area (Å²) >= 11 is 0. The topological polar surface area (TPSA) is 40.5 Å². The van der Waals surface area contributed by atoms with E-state index >= 15 is 0 Å². The number of aryl methyl sites for hydroxylation is 2. The minimum Gasteiger partial charge on any atom is -0.508 e. The molecule has 25 heavy (non-hydrogen) atoms. The Balaban J connectivity index is 2.64. The van der Waals surface area contributed by atoms with Gasteiger partial charge in [-0.2, -0.15) is 0 Å². The van der Waals surface area contributed by atoms with Crippen molar-refractivity contribution in [3.8, 4) is 11.5 Å². The summed E-state index contributed by atoms with van der Waals surface area (Å²) in [5.74, 6) is 0.705. The van der Waals surface area contributed by atoms with Crippen LogP contribution in [0, 0.1) is 13.8 Å². The number of unbranched alkanes of at least 4 members (excludes halogenated alkanes) is 2. The van der Waals surface area contributed by atoms with Crippen molar-refractivity contribution in [1.82, 2.24) is 0 Å². The van der Waals surface area contributed by atoms with Crippen molar-refractivity contribution < 1.29 is 10.2 Å². The standard InChI is InChI=1S/C23H32O2/c1-5-7-13-23(14-8-6-2,19-9-11-21(24)17(3)15-19)20-10-12-22(25)18(4)16-20/h9-12,15-16,24-25H,5-8,13-14H2,1-4H3. The number of hydrogen-bond donors (Lipinski definition) is 2. The van der Waals surface area contributed by atoms with Gasteiger partial charge in [0.15, 0.2) is 0 Å². The number of aromatic hydroxyl groups is 2. The van der Waals surface area contributed by atoms with E-state index in [0.29, 0.717) is 11.5 Å². The van der Waals surface area contributed by atoms with Crippen LogP contribution in [0.5, 0.6) is 11.5 Å². The van der Waals surface area contributed by atoms with Gasteiger partial charge in [-0.3, -0.25) is 0 Å². The Kier molecular flexibility index (Phi) is 6.52. The largest absolute Gasteiger partial charge is 0.508 e. The lowest BCUT2D eigenvalue weighted by molar-refractivity contribution is 0.402. The number of rotatable bonds is 8. The summed E-state index contributed by atoms with van der Waals surface area (Å²) in [6.07, 6.45) is 6.78. The summed E-state index contributed by atoms with van der Waals surface area (Å²) in [6, 6.07) is 12.1. The monoisotopic (exact) mass is 340 g/mol. The van der Waals surface area contributed by atoms with Crippen LogP contribution in [0.3, 0.4) is 0 Å². The predicted octanol–water partition coefficient (Wildman–Crippen LogP) is 6.38. The van der Waals surface area contributed by atoms with Crippen LogP contribution < -0.4 is 0 Å². The number of benzene rings is 2. The average Bonchev–Trinajstić information content (AvgIpc) is 2.60. The van der Waals surface area contributed by atoms with Gasteiger partial charge in [0.05, 0.1) is 0 Å². The van der Waals surface area contributed by atoms with Gasteiger partial charge in [-0.25, -0.2) is 0 Å². The second-order valence-corrected chi connectivity index (χ2v) is 7.29. The molecule has 0 aromatic heterocycles. The van der Waals surface area contributed by atoms with Crippen molar-refractivity contribution in [2.24, 2.45) is 0 Å². The van der Waals surface area contributed by atoms with E-state index in [0.717, 1.165) is 49.7 Å². The van der Waals surface area contributed by atoms with E-state index in [2.05, 4.69) is 38.1 Å². The first-order valence-electron chi connectivity index (χ1n) is 9.54. The Morgan fingerprint density at radius 3 is 1.44 bits per heavy atom. The van der Waals surface area contributed by atoms with Crippen molar-refractivity contribution in [2.75, 3.05) is 0 Å². The van der Waals surface area contributed by atoms with Gasteiger partial charge in [-0.15, -0.1) is 0 Å². The lowest BCUT2D eigenvalue weighted by Crippen LogP contribution is -2.28. The van der Waals surface area contributed by atoms with Crippen molar-refractivity contribution >= 4 is 0 Å². The van der Waals surface area contributed by atoms with Gasteiger partial charge in [0.1, 0.15) is 11.5 Å². The van der Waals surface area contributed by atoms with Crippen LogP contribution in [0.25, 0.3) is 0 Å². The lowest BCUT2D eigenvalue weighted by atomic mass is 9.67. The molecule has 2 N–H and O–H groups in total. The summed E-state index contributed by atoms with van der Waals surface area (Å²) in [6.45, 7) is 8.39. The van der Waals surface area contributed by atoms with Crippen LogP contribution in [0.1, 0.15) is 74.6 Å². The molecule has 0 aliphatic rings. The van der Waals surface area contributed by atoms with E-state index in [-0.39, 0.29) is 5.41 Å². The van der Waals surface area contributed by atoms with E-state index in [1.807, 2.05) is 26.0 Å². The molecule has 0 radical (unpaired) electrons. The molecule has 2 rings (SSSR count). The van der Waals surface area contributed by atoms with Crippen LogP contribution in [0.2, 0.25) is 0 Å². The predicted molar refractivity (Wildman–Crippen MR) is 106 cm³/mol. The molecule has 0 saturated heterocycles. The van der Waals surface area contributed by atoms with Crippen LogP contribution in [-0.4, -0.2) is 10.2 Å². The van der Waals surface area contributed by atoms with Gasteiger partial charge in [0, 0.05) is 5.41 Å². The Bertz CT molecular complexity index is 642. The maximum absolute atomic E-state index is 9.98. The summed E-state index contributed by atoms with van der Waals surface area (Å²) in [5, 5.41) is 20.0. The zero-order valence-corrected chi connectivity index (χ0v) is 16.1. The molecule has 0 atom stereocenters. The molecule has 0 amide bonds. The molecule has 2 aromatic carbocycles. The van der Waals surface area contributed by atoms with Gasteiger partial charge < -0.3 is 10.2 Å². The van der Waals surface area contributed by atoms with Crippen molar-refractivity contribution in [1.29, 1.82) is 0 Å². The van der Waals surface area contributed by atoms with E-state index in [1.165, 1.54) is 11.1 Å². The minimum absolute atomic E-state index is 0.0665. The molecule has 0 saturated carbocycles. The first kappa shape index (κ1) is 19.4. The summed E-state index contributed by atoms with van der Waals surface area (Å²) in [5.41, 5.74) is 4.32. The molecule has 2 heteroatoms.